The maximum Gasteiger partial charge on any atom is 0.228 e. The maximum absolute atomic E-state index is 13.0. The van der Waals surface area contributed by atoms with E-state index < -0.39 is 0 Å². The fraction of sp³-hybridized carbons (Fsp3) is 0.571. The van der Waals surface area contributed by atoms with Gasteiger partial charge in [0.25, 0.3) is 0 Å². The summed E-state index contributed by atoms with van der Waals surface area (Å²) in [7, 11) is 0. The van der Waals surface area contributed by atoms with Crippen LogP contribution in [-0.4, -0.2) is 57.2 Å². The molecule has 0 unspecified atom stereocenters. The number of hydrogen-bond acceptors (Lipinski definition) is 3. The lowest BCUT2D eigenvalue weighted by molar-refractivity contribution is -0.142. The number of hydrogen-bond donors (Lipinski definition) is 0. The molecule has 0 bridgehead atoms. The van der Waals surface area contributed by atoms with Crippen molar-refractivity contribution >= 4 is 17.5 Å². The summed E-state index contributed by atoms with van der Waals surface area (Å²) in [6.45, 7) is 7.21. The van der Waals surface area contributed by atoms with Crippen molar-refractivity contribution in [3.8, 4) is 0 Å². The number of aromatic nitrogens is 2. The van der Waals surface area contributed by atoms with Crippen LogP contribution in [0, 0.1) is 12.3 Å². The molecular weight excluding hydrogens is 340 g/mol. The van der Waals surface area contributed by atoms with E-state index in [-0.39, 0.29) is 17.2 Å². The van der Waals surface area contributed by atoms with Crippen LogP contribution in [0.2, 0.25) is 0 Å². The summed E-state index contributed by atoms with van der Waals surface area (Å²) in [5, 5.41) is 0. The summed E-state index contributed by atoms with van der Waals surface area (Å²) < 4.78 is 2.02. The minimum absolute atomic E-state index is 0.0773. The van der Waals surface area contributed by atoms with Gasteiger partial charge in [-0.3, -0.25) is 9.59 Å². The molecule has 2 aliphatic rings. The van der Waals surface area contributed by atoms with Gasteiger partial charge in [-0.25, -0.2) is 4.98 Å². The molecule has 6 nitrogen and oxygen atoms in total. The summed E-state index contributed by atoms with van der Waals surface area (Å²) in [5.74, 6) is 0.421. The van der Waals surface area contributed by atoms with E-state index in [0.29, 0.717) is 12.8 Å². The number of amides is 2. The Morgan fingerprint density at radius 3 is 2.96 bits per heavy atom. The first-order valence-electron chi connectivity index (χ1n) is 9.98. The van der Waals surface area contributed by atoms with Crippen LogP contribution >= 0.6 is 0 Å². The van der Waals surface area contributed by atoms with Crippen molar-refractivity contribution in [3.63, 3.8) is 0 Å². The number of carbonyl (C=O) groups is 2. The van der Waals surface area contributed by atoms with Gasteiger partial charge in [-0.15, -0.1) is 0 Å². The van der Waals surface area contributed by atoms with Crippen LogP contribution in [0.4, 0.5) is 0 Å². The molecule has 27 heavy (non-hydrogen) atoms. The second-order valence-electron chi connectivity index (χ2n) is 8.14. The van der Waals surface area contributed by atoms with Gasteiger partial charge < -0.3 is 14.2 Å². The van der Waals surface area contributed by atoms with Crippen LogP contribution in [-0.2, 0) is 16.0 Å². The van der Waals surface area contributed by atoms with Crippen LogP contribution in [0.25, 0.3) is 5.65 Å². The molecule has 4 heterocycles. The lowest BCUT2D eigenvalue weighted by Crippen LogP contribution is -2.55. The molecule has 0 N–H and O–H groups in total. The Kier molecular flexibility index (Phi) is 4.66. The molecule has 0 radical (unpaired) electrons. The molecule has 144 valence electrons. The van der Waals surface area contributed by atoms with Gasteiger partial charge in [0.2, 0.25) is 11.8 Å². The highest BCUT2D eigenvalue weighted by Crippen LogP contribution is 2.39. The van der Waals surface area contributed by atoms with Gasteiger partial charge in [0.1, 0.15) is 5.65 Å². The highest BCUT2D eigenvalue weighted by atomic mass is 16.2. The predicted octanol–water partition coefficient (Wildman–Crippen LogP) is 2.44. The lowest BCUT2D eigenvalue weighted by atomic mass is 9.73. The van der Waals surface area contributed by atoms with E-state index in [1.165, 1.54) is 0 Å². The predicted molar refractivity (Wildman–Crippen MR) is 103 cm³/mol. The SMILES string of the molecule is CCN1C[C@]2(CCCN(C(=O)Cc3cnc4c(C)cccn34)C2)CCC1=O. The quantitative estimate of drug-likeness (QED) is 0.836. The van der Waals surface area contributed by atoms with E-state index in [1.807, 2.05) is 52.6 Å². The van der Waals surface area contributed by atoms with Gasteiger partial charge in [0.15, 0.2) is 0 Å². The lowest BCUT2D eigenvalue weighted by Gasteiger charge is -2.48. The Hall–Kier alpha value is -2.37. The summed E-state index contributed by atoms with van der Waals surface area (Å²) in [5.41, 5.74) is 3.04. The van der Waals surface area contributed by atoms with Crippen molar-refractivity contribution in [2.24, 2.45) is 5.41 Å². The number of pyridine rings is 1. The number of rotatable bonds is 3. The third-order valence-electron chi connectivity index (χ3n) is 6.28. The Morgan fingerprint density at radius 2 is 2.15 bits per heavy atom. The standard InChI is InChI=1S/C21H28N4O2/c1-3-23-14-21(9-7-18(23)26)8-5-10-24(15-21)19(27)12-17-13-22-20-16(2)6-4-11-25(17)20/h4,6,11,13H,3,5,7-10,12,14-15H2,1-2H3/t21-/m0/s1. The van der Waals surface area contributed by atoms with Crippen LogP contribution in [0.1, 0.15) is 43.9 Å². The monoisotopic (exact) mass is 368 g/mol. The molecule has 2 aromatic heterocycles. The molecule has 4 rings (SSSR count). The van der Waals surface area contributed by atoms with E-state index in [2.05, 4.69) is 4.98 Å². The van der Waals surface area contributed by atoms with E-state index in [1.54, 1.807) is 0 Å². The first kappa shape index (κ1) is 18.0. The van der Waals surface area contributed by atoms with Crippen LogP contribution in [0.5, 0.6) is 0 Å². The average molecular weight is 368 g/mol. The van der Waals surface area contributed by atoms with Gasteiger partial charge >= 0.3 is 0 Å². The van der Waals surface area contributed by atoms with Crippen LogP contribution in [0.15, 0.2) is 24.5 Å². The Labute approximate surface area is 160 Å². The average Bonchev–Trinajstić information content (AvgIpc) is 3.08. The van der Waals surface area contributed by atoms with Crippen molar-refractivity contribution in [3.05, 3.63) is 35.8 Å². The normalized spacial score (nSPS) is 23.4. The van der Waals surface area contributed by atoms with E-state index in [4.69, 9.17) is 0 Å². The Morgan fingerprint density at radius 1 is 1.30 bits per heavy atom. The first-order valence-corrected chi connectivity index (χ1v) is 9.98. The zero-order valence-corrected chi connectivity index (χ0v) is 16.3. The van der Waals surface area contributed by atoms with Gasteiger partial charge in [0.05, 0.1) is 12.1 Å². The molecule has 2 aromatic rings. The topological polar surface area (TPSA) is 57.9 Å². The zero-order chi connectivity index (χ0) is 19.0. The summed E-state index contributed by atoms with van der Waals surface area (Å²) >= 11 is 0. The third-order valence-corrected chi connectivity index (χ3v) is 6.28. The van der Waals surface area contributed by atoms with Gasteiger partial charge in [-0.2, -0.15) is 0 Å². The number of nitrogens with zero attached hydrogens (tertiary/aromatic N) is 4. The molecule has 1 spiro atoms. The largest absolute Gasteiger partial charge is 0.342 e. The minimum Gasteiger partial charge on any atom is -0.342 e. The van der Waals surface area contributed by atoms with Gasteiger partial charge in [-0.1, -0.05) is 6.07 Å². The molecule has 0 aliphatic carbocycles. The Bertz CT molecular complexity index is 874. The number of imidazole rings is 1. The van der Waals surface area contributed by atoms with Crippen molar-refractivity contribution in [2.75, 3.05) is 26.2 Å². The molecule has 2 fully saturated rings. The molecule has 6 heteroatoms. The number of carbonyl (C=O) groups excluding carboxylic acids is 2. The van der Waals surface area contributed by atoms with E-state index in [9.17, 15) is 9.59 Å². The third kappa shape index (κ3) is 3.33. The zero-order valence-electron chi connectivity index (χ0n) is 16.3. The fourth-order valence-corrected chi connectivity index (χ4v) is 4.74. The van der Waals surface area contributed by atoms with Crippen molar-refractivity contribution in [1.82, 2.24) is 19.2 Å². The van der Waals surface area contributed by atoms with Gasteiger partial charge in [-0.05, 0) is 44.7 Å². The van der Waals surface area contributed by atoms with Gasteiger partial charge in [0, 0.05) is 50.4 Å². The highest BCUT2D eigenvalue weighted by molar-refractivity contribution is 5.79. The fourth-order valence-electron chi connectivity index (χ4n) is 4.74. The molecule has 0 aromatic carbocycles. The first-order chi connectivity index (χ1) is 13.0. The molecule has 2 amide bonds. The van der Waals surface area contributed by atoms with Crippen LogP contribution < -0.4 is 0 Å². The minimum atomic E-state index is 0.0773. The number of piperidine rings is 2. The van der Waals surface area contributed by atoms with Crippen LogP contribution in [0.3, 0.4) is 0 Å². The number of fused-ring (bicyclic) bond motifs is 1. The second-order valence-corrected chi connectivity index (χ2v) is 8.14. The van der Waals surface area contributed by atoms with Crippen molar-refractivity contribution in [2.45, 2.75) is 46.0 Å². The number of likely N-dealkylation sites (tertiary alicyclic amines) is 2. The maximum atomic E-state index is 13.0. The molecule has 2 aliphatic heterocycles. The molecular formula is C21H28N4O2. The van der Waals surface area contributed by atoms with Crippen molar-refractivity contribution < 1.29 is 9.59 Å². The molecule has 2 saturated heterocycles. The van der Waals surface area contributed by atoms with Crippen molar-refractivity contribution in [1.29, 1.82) is 0 Å². The number of aryl methyl sites for hydroxylation is 1. The highest BCUT2D eigenvalue weighted by Gasteiger charge is 2.42. The molecule has 1 atom stereocenters. The summed E-state index contributed by atoms with van der Waals surface area (Å²) in [4.78, 5) is 33.6. The Balaban J connectivity index is 1.49. The van der Waals surface area contributed by atoms with E-state index in [0.717, 1.165) is 62.3 Å². The summed E-state index contributed by atoms with van der Waals surface area (Å²) in [6, 6.07) is 4.03. The molecule has 0 saturated carbocycles. The second kappa shape index (κ2) is 6.98. The smallest absolute Gasteiger partial charge is 0.228 e. The van der Waals surface area contributed by atoms with E-state index >= 15 is 0 Å². The summed E-state index contributed by atoms with van der Waals surface area (Å²) in [6.07, 6.45) is 7.80.